The minimum absolute atomic E-state index is 0.544. The standard InChI is InChI=1S/C15H17NO/c1-11-3-6-13(7-4-11)14-9-12(10-16)5-8-15(14)17-2/h3-9H,10,16H2,1-2H3. The molecule has 0 saturated carbocycles. The van der Waals surface area contributed by atoms with E-state index in [1.54, 1.807) is 7.11 Å². The van der Waals surface area contributed by atoms with Crippen molar-refractivity contribution in [3.63, 3.8) is 0 Å². The van der Waals surface area contributed by atoms with Crippen LogP contribution < -0.4 is 10.5 Å². The SMILES string of the molecule is COc1ccc(CN)cc1-c1ccc(C)cc1. The summed E-state index contributed by atoms with van der Waals surface area (Å²) in [6, 6.07) is 14.5. The van der Waals surface area contributed by atoms with Gasteiger partial charge in [-0.15, -0.1) is 0 Å². The van der Waals surface area contributed by atoms with Gasteiger partial charge in [0.15, 0.2) is 0 Å². The van der Waals surface area contributed by atoms with Crippen molar-refractivity contribution in [2.45, 2.75) is 13.5 Å². The molecule has 0 atom stereocenters. The first-order chi connectivity index (χ1) is 8.24. The number of hydrogen-bond acceptors (Lipinski definition) is 2. The Morgan fingerprint density at radius 1 is 1.06 bits per heavy atom. The van der Waals surface area contributed by atoms with Gasteiger partial charge in [0.2, 0.25) is 0 Å². The molecule has 0 aliphatic rings. The van der Waals surface area contributed by atoms with Crippen molar-refractivity contribution in [3.8, 4) is 16.9 Å². The molecular weight excluding hydrogens is 210 g/mol. The number of rotatable bonds is 3. The number of hydrogen-bond donors (Lipinski definition) is 1. The Morgan fingerprint density at radius 3 is 2.35 bits per heavy atom. The molecule has 2 heteroatoms. The Bertz CT molecular complexity index is 503. The molecule has 17 heavy (non-hydrogen) atoms. The molecule has 0 fully saturated rings. The molecule has 0 heterocycles. The molecule has 0 radical (unpaired) electrons. The summed E-state index contributed by atoms with van der Waals surface area (Å²) >= 11 is 0. The van der Waals surface area contributed by atoms with Crippen molar-refractivity contribution in [3.05, 3.63) is 53.6 Å². The first-order valence-corrected chi connectivity index (χ1v) is 5.68. The second kappa shape index (κ2) is 5.02. The van der Waals surface area contributed by atoms with Crippen molar-refractivity contribution in [2.24, 2.45) is 5.73 Å². The quantitative estimate of drug-likeness (QED) is 0.874. The Balaban J connectivity index is 2.51. The Labute approximate surface area is 102 Å². The lowest BCUT2D eigenvalue weighted by Gasteiger charge is -2.10. The minimum atomic E-state index is 0.544. The normalized spacial score (nSPS) is 10.3. The minimum Gasteiger partial charge on any atom is -0.496 e. The smallest absolute Gasteiger partial charge is 0.126 e. The first-order valence-electron chi connectivity index (χ1n) is 5.68. The Morgan fingerprint density at radius 2 is 1.76 bits per heavy atom. The predicted molar refractivity (Wildman–Crippen MR) is 71.1 cm³/mol. The predicted octanol–water partition coefficient (Wildman–Crippen LogP) is 3.13. The van der Waals surface area contributed by atoms with Gasteiger partial charge in [-0.2, -0.15) is 0 Å². The average Bonchev–Trinajstić information content (AvgIpc) is 2.39. The zero-order valence-corrected chi connectivity index (χ0v) is 10.2. The van der Waals surface area contributed by atoms with Crippen LogP contribution in [0, 0.1) is 6.92 Å². The van der Waals surface area contributed by atoms with Crippen LogP contribution in [0.3, 0.4) is 0 Å². The van der Waals surface area contributed by atoms with Crippen LogP contribution in [0.25, 0.3) is 11.1 Å². The highest BCUT2D eigenvalue weighted by atomic mass is 16.5. The summed E-state index contributed by atoms with van der Waals surface area (Å²) in [4.78, 5) is 0. The summed E-state index contributed by atoms with van der Waals surface area (Å²) in [5.74, 6) is 0.881. The zero-order valence-electron chi connectivity index (χ0n) is 10.2. The van der Waals surface area contributed by atoms with Gasteiger partial charge in [-0.3, -0.25) is 0 Å². The number of benzene rings is 2. The molecule has 2 rings (SSSR count). The van der Waals surface area contributed by atoms with Crippen molar-refractivity contribution in [2.75, 3.05) is 7.11 Å². The summed E-state index contributed by atoms with van der Waals surface area (Å²) in [5.41, 5.74) is 10.3. The van der Waals surface area contributed by atoms with Crippen LogP contribution in [-0.4, -0.2) is 7.11 Å². The monoisotopic (exact) mass is 227 g/mol. The number of methoxy groups -OCH3 is 1. The van der Waals surface area contributed by atoms with Crippen LogP contribution in [0.2, 0.25) is 0 Å². The fourth-order valence-electron chi connectivity index (χ4n) is 1.84. The second-order valence-corrected chi connectivity index (χ2v) is 4.10. The maximum atomic E-state index is 5.67. The first kappa shape index (κ1) is 11.7. The highest BCUT2D eigenvalue weighted by Gasteiger charge is 2.06. The molecule has 0 aliphatic carbocycles. The molecule has 2 aromatic carbocycles. The molecule has 0 aliphatic heterocycles. The molecular formula is C15H17NO. The molecule has 2 N–H and O–H groups in total. The van der Waals surface area contributed by atoms with Crippen LogP contribution in [0.5, 0.6) is 5.75 Å². The fourth-order valence-corrected chi connectivity index (χ4v) is 1.84. The van der Waals surface area contributed by atoms with E-state index in [0.717, 1.165) is 22.4 Å². The van der Waals surface area contributed by atoms with E-state index in [2.05, 4.69) is 37.3 Å². The van der Waals surface area contributed by atoms with Gasteiger partial charge in [0.1, 0.15) is 5.75 Å². The van der Waals surface area contributed by atoms with Crippen molar-refractivity contribution < 1.29 is 4.74 Å². The lowest BCUT2D eigenvalue weighted by molar-refractivity contribution is 0.416. The largest absolute Gasteiger partial charge is 0.496 e. The molecule has 88 valence electrons. The summed E-state index contributed by atoms with van der Waals surface area (Å²) in [7, 11) is 1.69. The molecule has 0 bridgehead atoms. The van der Waals surface area contributed by atoms with Crippen LogP contribution in [-0.2, 0) is 6.54 Å². The third kappa shape index (κ3) is 2.48. The van der Waals surface area contributed by atoms with E-state index in [9.17, 15) is 0 Å². The van der Waals surface area contributed by atoms with Gasteiger partial charge in [0, 0.05) is 12.1 Å². The molecule has 2 aromatic rings. The van der Waals surface area contributed by atoms with Crippen molar-refractivity contribution >= 4 is 0 Å². The van der Waals surface area contributed by atoms with Crippen molar-refractivity contribution in [1.29, 1.82) is 0 Å². The zero-order chi connectivity index (χ0) is 12.3. The maximum Gasteiger partial charge on any atom is 0.126 e. The maximum absolute atomic E-state index is 5.67. The molecule has 0 unspecified atom stereocenters. The molecule has 0 aromatic heterocycles. The van der Waals surface area contributed by atoms with Gasteiger partial charge < -0.3 is 10.5 Å². The average molecular weight is 227 g/mol. The van der Waals surface area contributed by atoms with E-state index in [1.807, 2.05) is 12.1 Å². The van der Waals surface area contributed by atoms with Crippen LogP contribution in [0.4, 0.5) is 0 Å². The highest BCUT2D eigenvalue weighted by molar-refractivity contribution is 5.71. The lowest BCUT2D eigenvalue weighted by atomic mass is 10.0. The van der Waals surface area contributed by atoms with Crippen LogP contribution in [0.1, 0.15) is 11.1 Å². The highest BCUT2D eigenvalue weighted by Crippen LogP contribution is 2.30. The van der Waals surface area contributed by atoms with Crippen molar-refractivity contribution in [1.82, 2.24) is 0 Å². The topological polar surface area (TPSA) is 35.2 Å². The van der Waals surface area contributed by atoms with E-state index in [0.29, 0.717) is 6.54 Å². The van der Waals surface area contributed by atoms with E-state index in [1.165, 1.54) is 5.56 Å². The Hall–Kier alpha value is -1.80. The number of ether oxygens (including phenoxy) is 1. The fraction of sp³-hybridized carbons (Fsp3) is 0.200. The third-order valence-electron chi connectivity index (χ3n) is 2.86. The van der Waals surface area contributed by atoms with E-state index >= 15 is 0 Å². The summed E-state index contributed by atoms with van der Waals surface area (Å²) in [6.07, 6.45) is 0. The summed E-state index contributed by atoms with van der Waals surface area (Å²) < 4.78 is 5.39. The number of aryl methyl sites for hydroxylation is 1. The number of nitrogens with two attached hydrogens (primary N) is 1. The third-order valence-corrected chi connectivity index (χ3v) is 2.86. The summed E-state index contributed by atoms with van der Waals surface area (Å²) in [5, 5.41) is 0. The lowest BCUT2D eigenvalue weighted by Crippen LogP contribution is -1.97. The Kier molecular flexibility index (Phi) is 3.45. The van der Waals surface area contributed by atoms with Crippen LogP contribution >= 0.6 is 0 Å². The molecule has 2 nitrogen and oxygen atoms in total. The van der Waals surface area contributed by atoms with Crippen LogP contribution in [0.15, 0.2) is 42.5 Å². The van der Waals surface area contributed by atoms with Gasteiger partial charge in [-0.25, -0.2) is 0 Å². The van der Waals surface area contributed by atoms with Gasteiger partial charge in [-0.05, 0) is 30.2 Å². The van der Waals surface area contributed by atoms with Gasteiger partial charge >= 0.3 is 0 Å². The van der Waals surface area contributed by atoms with Gasteiger partial charge in [-0.1, -0.05) is 35.9 Å². The second-order valence-electron chi connectivity index (χ2n) is 4.10. The van der Waals surface area contributed by atoms with Gasteiger partial charge in [0.05, 0.1) is 7.11 Å². The molecule has 0 spiro atoms. The molecule has 0 amide bonds. The van der Waals surface area contributed by atoms with E-state index in [4.69, 9.17) is 10.5 Å². The summed E-state index contributed by atoms with van der Waals surface area (Å²) in [6.45, 7) is 2.63. The van der Waals surface area contributed by atoms with E-state index < -0.39 is 0 Å². The van der Waals surface area contributed by atoms with E-state index in [-0.39, 0.29) is 0 Å². The molecule has 0 saturated heterocycles. The van der Waals surface area contributed by atoms with Gasteiger partial charge in [0.25, 0.3) is 0 Å².